The monoisotopic (exact) mass is 270 g/mol. The minimum absolute atomic E-state index is 0.0501. The van der Waals surface area contributed by atoms with Gasteiger partial charge in [-0.05, 0) is 18.8 Å². The van der Waals surface area contributed by atoms with Crippen LogP contribution in [0, 0.1) is 5.92 Å². The van der Waals surface area contributed by atoms with Crippen molar-refractivity contribution in [2.75, 3.05) is 26.2 Å². The van der Waals surface area contributed by atoms with Gasteiger partial charge in [0.25, 0.3) is 0 Å². The van der Waals surface area contributed by atoms with E-state index < -0.39 is 5.97 Å². The lowest BCUT2D eigenvalue weighted by Gasteiger charge is -2.32. The third-order valence-electron chi connectivity index (χ3n) is 3.59. The second-order valence-corrected chi connectivity index (χ2v) is 5.35. The summed E-state index contributed by atoms with van der Waals surface area (Å²) in [7, 11) is 0. The maximum atomic E-state index is 11.9. The van der Waals surface area contributed by atoms with Crippen LogP contribution in [0.3, 0.4) is 0 Å². The Morgan fingerprint density at radius 3 is 2.84 bits per heavy atom. The van der Waals surface area contributed by atoms with Crippen molar-refractivity contribution in [3.05, 3.63) is 0 Å². The zero-order chi connectivity index (χ0) is 13.7. The maximum Gasteiger partial charge on any atom is 0.317 e. The van der Waals surface area contributed by atoms with Crippen molar-refractivity contribution in [3.8, 4) is 0 Å². The Morgan fingerprint density at radius 1 is 1.37 bits per heavy atom. The molecule has 0 aromatic rings. The van der Waals surface area contributed by atoms with Gasteiger partial charge >= 0.3 is 12.0 Å². The van der Waals surface area contributed by atoms with Gasteiger partial charge in [0.15, 0.2) is 0 Å². The predicted octanol–water partition coefficient (Wildman–Crippen LogP) is 1.06. The van der Waals surface area contributed by atoms with Gasteiger partial charge in [0.1, 0.15) is 0 Å². The van der Waals surface area contributed by atoms with Crippen LogP contribution >= 0.6 is 0 Å². The van der Waals surface area contributed by atoms with E-state index >= 15 is 0 Å². The highest BCUT2D eigenvalue weighted by Crippen LogP contribution is 2.33. The van der Waals surface area contributed by atoms with E-state index in [-0.39, 0.29) is 18.6 Å². The third kappa shape index (κ3) is 5.06. The molecule has 2 rings (SSSR count). The summed E-state index contributed by atoms with van der Waals surface area (Å²) in [5, 5.41) is 11.6. The van der Waals surface area contributed by atoms with Crippen molar-refractivity contribution in [1.82, 2.24) is 10.2 Å². The first-order chi connectivity index (χ1) is 9.15. The van der Waals surface area contributed by atoms with Crippen molar-refractivity contribution >= 4 is 12.0 Å². The van der Waals surface area contributed by atoms with Gasteiger partial charge in [0, 0.05) is 19.6 Å². The van der Waals surface area contributed by atoms with Crippen LogP contribution in [0.5, 0.6) is 0 Å². The summed E-state index contributed by atoms with van der Waals surface area (Å²) in [6.45, 7) is 2.01. The molecule has 0 aromatic carbocycles. The van der Waals surface area contributed by atoms with E-state index in [2.05, 4.69) is 5.32 Å². The van der Waals surface area contributed by atoms with Gasteiger partial charge in [-0.2, -0.15) is 0 Å². The average molecular weight is 270 g/mol. The Balaban J connectivity index is 1.64. The summed E-state index contributed by atoms with van der Waals surface area (Å²) in [4.78, 5) is 24.2. The number of amides is 2. The van der Waals surface area contributed by atoms with E-state index in [1.165, 1.54) is 19.3 Å². The van der Waals surface area contributed by atoms with Gasteiger partial charge in [-0.3, -0.25) is 4.79 Å². The average Bonchev–Trinajstić information content (AvgIpc) is 3.18. The smallest absolute Gasteiger partial charge is 0.317 e. The number of rotatable bonds is 6. The third-order valence-corrected chi connectivity index (χ3v) is 3.59. The minimum Gasteiger partial charge on any atom is -0.481 e. The molecule has 2 N–H and O–H groups in total. The first-order valence-corrected chi connectivity index (χ1v) is 7.01. The highest BCUT2D eigenvalue weighted by molar-refractivity contribution is 5.74. The fourth-order valence-electron chi connectivity index (χ4n) is 2.33. The lowest BCUT2D eigenvalue weighted by atomic mass is 10.2. The molecule has 1 saturated heterocycles. The number of nitrogens with one attached hydrogen (secondary N) is 1. The Kier molecular flexibility index (Phi) is 5.01. The van der Waals surface area contributed by atoms with E-state index in [1.807, 2.05) is 0 Å². The number of carbonyl (C=O) groups excluding carboxylic acids is 1. The summed E-state index contributed by atoms with van der Waals surface area (Å²) >= 11 is 0. The Labute approximate surface area is 113 Å². The van der Waals surface area contributed by atoms with Crippen LogP contribution in [0.1, 0.15) is 32.1 Å². The number of carboxylic acids is 1. The number of carboxylic acid groups (broad SMARTS) is 1. The fourth-order valence-corrected chi connectivity index (χ4v) is 2.33. The van der Waals surface area contributed by atoms with Gasteiger partial charge in [-0.15, -0.1) is 0 Å². The van der Waals surface area contributed by atoms with Crippen molar-refractivity contribution in [3.63, 3.8) is 0 Å². The van der Waals surface area contributed by atoms with Gasteiger partial charge in [0.2, 0.25) is 0 Å². The van der Waals surface area contributed by atoms with Gasteiger partial charge in [-0.25, -0.2) is 4.79 Å². The Hall–Kier alpha value is -1.30. The normalized spacial score (nSPS) is 23.2. The molecular formula is C13H22N2O4. The first kappa shape index (κ1) is 14.1. The summed E-state index contributed by atoms with van der Waals surface area (Å²) in [6.07, 6.45) is 4.47. The topological polar surface area (TPSA) is 78.9 Å². The summed E-state index contributed by atoms with van der Waals surface area (Å²) in [6, 6.07) is -0.102. The molecule has 0 spiro atoms. The lowest BCUT2D eigenvalue weighted by Crippen LogP contribution is -2.50. The molecule has 0 bridgehead atoms. The van der Waals surface area contributed by atoms with E-state index in [9.17, 15) is 9.59 Å². The molecule has 6 nitrogen and oxygen atoms in total. The van der Waals surface area contributed by atoms with Crippen molar-refractivity contribution in [2.45, 2.75) is 38.2 Å². The van der Waals surface area contributed by atoms with Gasteiger partial charge in [-0.1, -0.05) is 12.8 Å². The van der Waals surface area contributed by atoms with Crippen LogP contribution < -0.4 is 5.32 Å². The van der Waals surface area contributed by atoms with Gasteiger partial charge in [0.05, 0.1) is 19.1 Å². The molecule has 2 aliphatic rings. The number of hydrogen-bond donors (Lipinski definition) is 2. The number of aliphatic carboxylic acids is 1. The number of ether oxygens (including phenoxy) is 1. The Morgan fingerprint density at radius 2 is 2.16 bits per heavy atom. The van der Waals surface area contributed by atoms with Crippen molar-refractivity contribution < 1.29 is 19.4 Å². The minimum atomic E-state index is -0.892. The standard InChI is InChI=1S/C13H22N2O4/c16-12(17)8-11-9-15(6-7-19-11)13(18)14-5-1-2-10-3-4-10/h10-11H,1-9H2,(H,14,18)(H,16,17). The number of nitrogens with zero attached hydrogens (tertiary/aromatic N) is 1. The van der Waals surface area contributed by atoms with E-state index in [0.717, 1.165) is 12.3 Å². The van der Waals surface area contributed by atoms with Crippen LogP contribution in [0.25, 0.3) is 0 Å². The molecule has 2 amide bonds. The molecule has 0 radical (unpaired) electrons. The first-order valence-electron chi connectivity index (χ1n) is 7.01. The zero-order valence-electron chi connectivity index (χ0n) is 11.1. The second-order valence-electron chi connectivity index (χ2n) is 5.35. The largest absolute Gasteiger partial charge is 0.481 e. The van der Waals surface area contributed by atoms with Crippen LogP contribution in [0.15, 0.2) is 0 Å². The SMILES string of the molecule is O=C(O)CC1CN(C(=O)NCCCC2CC2)CCO1. The van der Waals surface area contributed by atoms with Crippen LogP contribution in [-0.2, 0) is 9.53 Å². The number of hydrogen-bond acceptors (Lipinski definition) is 3. The van der Waals surface area contributed by atoms with Gasteiger partial charge < -0.3 is 20.1 Å². The van der Waals surface area contributed by atoms with Crippen LogP contribution in [0.2, 0.25) is 0 Å². The molecule has 19 heavy (non-hydrogen) atoms. The molecule has 6 heteroatoms. The Bertz CT molecular complexity index is 331. The highest BCUT2D eigenvalue weighted by atomic mass is 16.5. The van der Waals surface area contributed by atoms with Crippen LogP contribution in [-0.4, -0.2) is 54.4 Å². The van der Waals surface area contributed by atoms with Crippen LogP contribution in [0.4, 0.5) is 4.79 Å². The molecule has 1 saturated carbocycles. The summed E-state index contributed by atoms with van der Waals surface area (Å²) in [5.74, 6) is -0.00285. The quantitative estimate of drug-likeness (QED) is 0.707. The maximum absolute atomic E-state index is 11.9. The number of urea groups is 1. The fraction of sp³-hybridized carbons (Fsp3) is 0.846. The molecule has 1 aliphatic carbocycles. The molecule has 108 valence electrons. The van der Waals surface area contributed by atoms with E-state index in [0.29, 0.717) is 26.2 Å². The zero-order valence-corrected chi connectivity index (χ0v) is 11.1. The molecule has 0 aromatic heterocycles. The molecule has 1 unspecified atom stereocenters. The summed E-state index contributed by atoms with van der Waals surface area (Å²) in [5.41, 5.74) is 0. The molecule has 1 aliphatic heterocycles. The highest BCUT2D eigenvalue weighted by Gasteiger charge is 2.26. The molecule has 1 heterocycles. The predicted molar refractivity (Wildman–Crippen MR) is 68.9 cm³/mol. The lowest BCUT2D eigenvalue weighted by molar-refractivity contribution is -0.141. The molecular weight excluding hydrogens is 248 g/mol. The number of carbonyl (C=O) groups is 2. The summed E-state index contributed by atoms with van der Waals surface area (Å²) < 4.78 is 5.33. The van der Waals surface area contributed by atoms with Crippen molar-refractivity contribution in [2.24, 2.45) is 5.92 Å². The molecule has 1 atom stereocenters. The number of morpholine rings is 1. The van der Waals surface area contributed by atoms with E-state index in [1.54, 1.807) is 4.90 Å². The molecule has 2 fully saturated rings. The second kappa shape index (κ2) is 6.75. The van der Waals surface area contributed by atoms with E-state index in [4.69, 9.17) is 9.84 Å². The van der Waals surface area contributed by atoms with Crippen molar-refractivity contribution in [1.29, 1.82) is 0 Å².